The number of carboxylic acid groups (broad SMARTS) is 1. The molecule has 0 spiro atoms. The largest absolute Gasteiger partial charge is 0.481 e. The van der Waals surface area contributed by atoms with E-state index in [-0.39, 0.29) is 31.2 Å². The number of carboxylic acids is 1. The number of halogens is 1. The average Bonchev–Trinajstić information content (AvgIpc) is 3.37. The lowest BCUT2D eigenvalue weighted by Gasteiger charge is -2.23. The molecule has 0 saturated carbocycles. The van der Waals surface area contributed by atoms with E-state index >= 15 is 0 Å². The van der Waals surface area contributed by atoms with Crippen LogP contribution >= 0.6 is 22.9 Å². The molecule has 4 rings (SSSR count). The van der Waals surface area contributed by atoms with Crippen LogP contribution in [0.5, 0.6) is 0 Å². The molecule has 1 N–H and O–H groups in total. The van der Waals surface area contributed by atoms with Crippen molar-refractivity contribution in [3.63, 3.8) is 0 Å². The second kappa shape index (κ2) is 8.31. The van der Waals surface area contributed by atoms with E-state index in [0.29, 0.717) is 11.6 Å². The number of aromatic nitrogens is 1. The van der Waals surface area contributed by atoms with Gasteiger partial charge in [0.25, 0.3) is 0 Å². The fourth-order valence-electron chi connectivity index (χ4n) is 3.42. The Labute approximate surface area is 176 Å². The molecule has 2 aromatic heterocycles. The molecule has 1 atom stereocenters. The van der Waals surface area contributed by atoms with Crippen molar-refractivity contribution in [1.29, 1.82) is 0 Å². The zero-order valence-corrected chi connectivity index (χ0v) is 17.0. The highest BCUT2D eigenvalue weighted by molar-refractivity contribution is 7.12. The van der Waals surface area contributed by atoms with Gasteiger partial charge in [-0.3, -0.25) is 9.59 Å². The number of thiophene rings is 1. The predicted octanol–water partition coefficient (Wildman–Crippen LogP) is 4.88. The maximum absolute atomic E-state index is 12.9. The maximum atomic E-state index is 12.9. The Morgan fingerprint density at radius 3 is 2.79 bits per heavy atom. The van der Waals surface area contributed by atoms with Gasteiger partial charge in [0.15, 0.2) is 0 Å². The zero-order valence-electron chi connectivity index (χ0n) is 15.4. The van der Waals surface area contributed by atoms with E-state index in [4.69, 9.17) is 16.7 Å². The standard InChI is InChI=1S/C21H18ClN3O3S/c22-21-14(11-13-5-1-2-6-15(13)23-21)17-12-16(18-7-4-10-29-18)24-25(17)19(26)8-3-9-20(27)28/h1-2,4-7,10-11,17H,3,8-9,12H2,(H,27,28). The minimum atomic E-state index is -0.916. The number of para-hydroxylation sites is 1. The average molecular weight is 428 g/mol. The number of nitrogens with zero attached hydrogens (tertiary/aromatic N) is 3. The highest BCUT2D eigenvalue weighted by atomic mass is 35.5. The number of hydrogen-bond acceptors (Lipinski definition) is 5. The van der Waals surface area contributed by atoms with Crippen molar-refractivity contribution < 1.29 is 14.7 Å². The second-order valence-corrected chi connectivity index (χ2v) is 8.10. The number of hydrazone groups is 1. The third-order valence-electron chi connectivity index (χ3n) is 4.82. The molecule has 0 aliphatic carbocycles. The number of aliphatic carboxylic acids is 1. The van der Waals surface area contributed by atoms with Gasteiger partial charge in [0.2, 0.25) is 5.91 Å². The van der Waals surface area contributed by atoms with Crippen LogP contribution in [0, 0.1) is 0 Å². The van der Waals surface area contributed by atoms with Gasteiger partial charge in [0, 0.05) is 30.2 Å². The highest BCUT2D eigenvalue weighted by Gasteiger charge is 2.35. The summed E-state index contributed by atoms with van der Waals surface area (Å²) >= 11 is 8.06. The summed E-state index contributed by atoms with van der Waals surface area (Å²) in [6, 6.07) is 13.2. The van der Waals surface area contributed by atoms with Crippen LogP contribution in [0.15, 0.2) is 52.9 Å². The molecule has 29 heavy (non-hydrogen) atoms. The molecule has 8 heteroatoms. The molecule has 3 heterocycles. The first kappa shape index (κ1) is 19.5. The van der Waals surface area contributed by atoms with E-state index in [0.717, 1.165) is 27.1 Å². The third-order valence-corrected chi connectivity index (χ3v) is 6.04. The second-order valence-electron chi connectivity index (χ2n) is 6.79. The first-order valence-corrected chi connectivity index (χ1v) is 10.5. The van der Waals surface area contributed by atoms with Gasteiger partial charge in [-0.1, -0.05) is 35.9 Å². The van der Waals surface area contributed by atoms with Crippen molar-refractivity contribution in [2.24, 2.45) is 5.10 Å². The molecule has 1 aliphatic rings. The molecule has 0 saturated heterocycles. The number of benzene rings is 1. The number of hydrogen-bond donors (Lipinski definition) is 1. The molecular formula is C21H18ClN3O3S. The van der Waals surface area contributed by atoms with Crippen molar-refractivity contribution >= 4 is 51.4 Å². The summed E-state index contributed by atoms with van der Waals surface area (Å²) in [5, 5.41) is 18.1. The van der Waals surface area contributed by atoms with Crippen molar-refractivity contribution in [2.75, 3.05) is 0 Å². The minimum Gasteiger partial charge on any atom is -0.481 e. The van der Waals surface area contributed by atoms with Crippen LogP contribution in [0.2, 0.25) is 5.15 Å². The van der Waals surface area contributed by atoms with Crippen molar-refractivity contribution in [3.8, 4) is 0 Å². The maximum Gasteiger partial charge on any atom is 0.303 e. The molecule has 1 aliphatic heterocycles. The van der Waals surface area contributed by atoms with Crippen LogP contribution < -0.4 is 0 Å². The SMILES string of the molecule is O=C(O)CCCC(=O)N1N=C(c2cccs2)CC1c1cc2ccccc2nc1Cl. The van der Waals surface area contributed by atoms with Crippen LogP contribution in [0.25, 0.3) is 10.9 Å². The molecule has 0 radical (unpaired) electrons. The summed E-state index contributed by atoms with van der Waals surface area (Å²) in [4.78, 5) is 29.1. The van der Waals surface area contributed by atoms with E-state index in [2.05, 4.69) is 10.1 Å². The third kappa shape index (κ3) is 4.16. The Kier molecular flexibility index (Phi) is 5.60. The Hall–Kier alpha value is -2.77. The summed E-state index contributed by atoms with van der Waals surface area (Å²) in [5.41, 5.74) is 2.35. The quantitative estimate of drug-likeness (QED) is 0.568. The fraction of sp³-hybridized carbons (Fsp3) is 0.238. The zero-order chi connectivity index (χ0) is 20.4. The van der Waals surface area contributed by atoms with Gasteiger partial charge < -0.3 is 5.11 Å². The van der Waals surface area contributed by atoms with Crippen LogP contribution in [-0.4, -0.2) is 32.7 Å². The summed E-state index contributed by atoms with van der Waals surface area (Å²) in [7, 11) is 0. The Bertz CT molecular complexity index is 1100. The topological polar surface area (TPSA) is 82.9 Å². The summed E-state index contributed by atoms with van der Waals surface area (Å²) in [6.07, 6.45) is 0.864. The highest BCUT2D eigenvalue weighted by Crippen LogP contribution is 2.38. The summed E-state index contributed by atoms with van der Waals surface area (Å²) in [5.74, 6) is -1.13. The van der Waals surface area contributed by atoms with Gasteiger partial charge in [-0.05, 0) is 30.0 Å². The molecule has 148 valence electrons. The first-order valence-electron chi connectivity index (χ1n) is 9.23. The summed E-state index contributed by atoms with van der Waals surface area (Å²) < 4.78 is 0. The number of fused-ring (bicyclic) bond motifs is 1. The Balaban J connectivity index is 1.67. The monoisotopic (exact) mass is 427 g/mol. The predicted molar refractivity (Wildman–Crippen MR) is 113 cm³/mol. The van der Waals surface area contributed by atoms with Gasteiger partial charge in [-0.15, -0.1) is 11.3 Å². The number of pyridine rings is 1. The number of carbonyl (C=O) groups excluding carboxylic acids is 1. The van der Waals surface area contributed by atoms with Crippen molar-refractivity contribution in [1.82, 2.24) is 9.99 Å². The number of rotatable bonds is 6. The molecular weight excluding hydrogens is 410 g/mol. The minimum absolute atomic E-state index is 0.0516. The van der Waals surface area contributed by atoms with E-state index in [1.54, 1.807) is 11.3 Å². The van der Waals surface area contributed by atoms with E-state index in [1.807, 2.05) is 47.8 Å². The first-order chi connectivity index (χ1) is 14.0. The molecule has 0 bridgehead atoms. The molecule has 1 aromatic carbocycles. The normalized spacial score (nSPS) is 16.2. The molecule has 0 fully saturated rings. The van der Waals surface area contributed by atoms with Gasteiger partial charge in [-0.25, -0.2) is 9.99 Å². The Morgan fingerprint density at radius 1 is 1.21 bits per heavy atom. The lowest BCUT2D eigenvalue weighted by atomic mass is 10.0. The van der Waals surface area contributed by atoms with E-state index < -0.39 is 5.97 Å². The molecule has 1 unspecified atom stereocenters. The molecule has 6 nitrogen and oxygen atoms in total. The molecule has 3 aromatic rings. The molecule has 1 amide bonds. The van der Waals surface area contributed by atoms with Gasteiger partial charge in [0.05, 0.1) is 22.1 Å². The number of amides is 1. The smallest absolute Gasteiger partial charge is 0.303 e. The lowest BCUT2D eigenvalue weighted by Crippen LogP contribution is -2.27. The van der Waals surface area contributed by atoms with Gasteiger partial charge >= 0.3 is 5.97 Å². The van der Waals surface area contributed by atoms with E-state index in [1.165, 1.54) is 5.01 Å². The lowest BCUT2D eigenvalue weighted by molar-refractivity contribution is -0.137. The van der Waals surface area contributed by atoms with Gasteiger partial charge in [0.1, 0.15) is 5.15 Å². The van der Waals surface area contributed by atoms with E-state index in [9.17, 15) is 9.59 Å². The van der Waals surface area contributed by atoms with Crippen molar-refractivity contribution in [3.05, 3.63) is 63.4 Å². The van der Waals surface area contributed by atoms with Crippen LogP contribution in [0.4, 0.5) is 0 Å². The van der Waals surface area contributed by atoms with Crippen LogP contribution in [0.3, 0.4) is 0 Å². The summed E-state index contributed by atoms with van der Waals surface area (Å²) in [6.45, 7) is 0. The van der Waals surface area contributed by atoms with Crippen LogP contribution in [-0.2, 0) is 9.59 Å². The fourth-order valence-corrected chi connectivity index (χ4v) is 4.41. The van der Waals surface area contributed by atoms with Crippen molar-refractivity contribution in [2.45, 2.75) is 31.7 Å². The number of carbonyl (C=O) groups is 2. The Morgan fingerprint density at radius 2 is 2.03 bits per heavy atom. The van der Waals surface area contributed by atoms with Gasteiger partial charge in [-0.2, -0.15) is 5.10 Å². The van der Waals surface area contributed by atoms with Crippen LogP contribution in [0.1, 0.15) is 42.2 Å².